The molecule has 7 nitrogen and oxygen atoms in total. The van der Waals surface area contributed by atoms with Crippen LogP contribution >= 0.6 is 0 Å². The van der Waals surface area contributed by atoms with E-state index in [1.807, 2.05) is 6.92 Å². The number of nitrogens with one attached hydrogen (secondary N) is 1. The number of amides is 1. The molecule has 0 spiro atoms. The molecular weight excluding hydrogens is 445 g/mol. The molecule has 0 aliphatic carbocycles. The highest BCUT2D eigenvalue weighted by Crippen LogP contribution is 2.29. The maximum Gasteiger partial charge on any atom is 0.416 e. The normalized spacial score (nSPS) is 12.2. The van der Waals surface area contributed by atoms with Crippen molar-refractivity contribution in [3.05, 3.63) is 77.5 Å². The second kappa shape index (κ2) is 9.13. The van der Waals surface area contributed by atoms with Gasteiger partial charge in [-0.2, -0.15) is 22.6 Å². The number of alkyl halides is 3. The van der Waals surface area contributed by atoms with Gasteiger partial charge in [0.2, 0.25) is 15.9 Å². The standard InChI is InChI=1S/C21H21F3N4O3S/c1-15-3-9-18(10-4-15)32(30,31)27(2)14-20(29)26-19-11-12-25-28(19)13-16-5-7-17(8-6-16)21(22,23)24/h3-12H,13-14H2,1-2H3,(H,26,29). The fourth-order valence-corrected chi connectivity index (χ4v) is 4.02. The van der Waals surface area contributed by atoms with Crippen LogP contribution in [0.5, 0.6) is 0 Å². The molecule has 3 rings (SSSR count). The number of anilines is 1. The number of carbonyl (C=O) groups excluding carboxylic acids is 1. The fraction of sp³-hybridized carbons (Fsp3) is 0.238. The summed E-state index contributed by atoms with van der Waals surface area (Å²) in [4.78, 5) is 12.5. The van der Waals surface area contributed by atoms with Crippen LogP contribution in [0, 0.1) is 6.92 Å². The van der Waals surface area contributed by atoms with Gasteiger partial charge in [0.25, 0.3) is 0 Å². The minimum absolute atomic E-state index is 0.0748. The van der Waals surface area contributed by atoms with Gasteiger partial charge in [-0.3, -0.25) is 4.79 Å². The van der Waals surface area contributed by atoms with Crippen LogP contribution in [-0.2, 0) is 27.5 Å². The van der Waals surface area contributed by atoms with Crippen molar-refractivity contribution in [3.8, 4) is 0 Å². The Kier molecular flexibility index (Phi) is 6.70. The van der Waals surface area contributed by atoms with E-state index in [2.05, 4.69) is 10.4 Å². The van der Waals surface area contributed by atoms with E-state index in [-0.39, 0.29) is 17.3 Å². The van der Waals surface area contributed by atoms with E-state index in [1.165, 1.54) is 48.3 Å². The Morgan fingerprint density at radius 1 is 1.06 bits per heavy atom. The van der Waals surface area contributed by atoms with E-state index >= 15 is 0 Å². The van der Waals surface area contributed by atoms with E-state index in [4.69, 9.17) is 0 Å². The van der Waals surface area contributed by atoms with Gasteiger partial charge in [0, 0.05) is 13.1 Å². The van der Waals surface area contributed by atoms with Crippen molar-refractivity contribution >= 4 is 21.7 Å². The molecule has 0 bridgehead atoms. The van der Waals surface area contributed by atoms with Gasteiger partial charge in [0.15, 0.2) is 0 Å². The van der Waals surface area contributed by atoms with Crippen molar-refractivity contribution in [2.24, 2.45) is 0 Å². The highest BCUT2D eigenvalue weighted by Gasteiger charge is 2.30. The van der Waals surface area contributed by atoms with Gasteiger partial charge in [0.1, 0.15) is 5.82 Å². The zero-order valence-electron chi connectivity index (χ0n) is 17.3. The number of aromatic nitrogens is 2. The Labute approximate surface area is 183 Å². The molecule has 0 aliphatic heterocycles. The average molecular weight is 466 g/mol. The smallest absolute Gasteiger partial charge is 0.310 e. The lowest BCUT2D eigenvalue weighted by molar-refractivity contribution is -0.137. The number of hydrogen-bond donors (Lipinski definition) is 1. The molecule has 1 N–H and O–H groups in total. The molecular formula is C21H21F3N4O3S. The lowest BCUT2D eigenvalue weighted by Gasteiger charge is -2.17. The summed E-state index contributed by atoms with van der Waals surface area (Å²) in [5.41, 5.74) is 0.704. The minimum atomic E-state index is -4.42. The van der Waals surface area contributed by atoms with Crippen LogP contribution < -0.4 is 5.32 Å². The fourth-order valence-electron chi connectivity index (χ4n) is 2.90. The van der Waals surface area contributed by atoms with Gasteiger partial charge in [0.05, 0.1) is 29.7 Å². The number of sulfonamides is 1. The van der Waals surface area contributed by atoms with Crippen LogP contribution in [0.3, 0.4) is 0 Å². The summed E-state index contributed by atoms with van der Waals surface area (Å²) in [6.45, 7) is 1.53. The quantitative estimate of drug-likeness (QED) is 0.578. The third kappa shape index (κ3) is 5.54. The van der Waals surface area contributed by atoms with E-state index in [0.717, 1.165) is 22.0 Å². The highest BCUT2D eigenvalue weighted by molar-refractivity contribution is 7.89. The zero-order valence-corrected chi connectivity index (χ0v) is 18.1. The molecule has 11 heteroatoms. The number of benzene rings is 2. The van der Waals surface area contributed by atoms with Crippen LogP contribution in [0.4, 0.5) is 19.0 Å². The summed E-state index contributed by atoms with van der Waals surface area (Å²) in [5, 5.41) is 6.65. The lowest BCUT2D eigenvalue weighted by Crippen LogP contribution is -2.35. The monoisotopic (exact) mass is 466 g/mol. The Morgan fingerprint density at radius 3 is 2.28 bits per heavy atom. The number of likely N-dealkylation sites (N-methyl/N-ethyl adjacent to an activating group) is 1. The summed E-state index contributed by atoms with van der Waals surface area (Å²) in [7, 11) is -2.55. The number of aryl methyl sites for hydroxylation is 1. The number of carbonyl (C=O) groups is 1. The number of nitrogens with zero attached hydrogens (tertiary/aromatic N) is 3. The van der Waals surface area contributed by atoms with Crippen molar-refractivity contribution in [2.45, 2.75) is 24.5 Å². The second-order valence-electron chi connectivity index (χ2n) is 7.19. The van der Waals surface area contributed by atoms with Crippen LogP contribution in [0.1, 0.15) is 16.7 Å². The molecule has 0 fully saturated rings. The van der Waals surface area contributed by atoms with E-state index in [0.29, 0.717) is 5.56 Å². The maximum absolute atomic E-state index is 12.7. The van der Waals surface area contributed by atoms with Crippen LogP contribution in [-0.4, -0.2) is 42.0 Å². The van der Waals surface area contributed by atoms with Crippen molar-refractivity contribution in [1.29, 1.82) is 0 Å². The second-order valence-corrected chi connectivity index (χ2v) is 9.24. The first-order valence-electron chi connectivity index (χ1n) is 9.47. The molecule has 0 saturated heterocycles. The van der Waals surface area contributed by atoms with E-state index in [9.17, 15) is 26.4 Å². The largest absolute Gasteiger partial charge is 0.416 e. The Hall–Kier alpha value is -3.18. The van der Waals surface area contributed by atoms with Crippen molar-refractivity contribution in [3.63, 3.8) is 0 Å². The van der Waals surface area contributed by atoms with E-state index < -0.39 is 34.2 Å². The lowest BCUT2D eigenvalue weighted by atomic mass is 10.1. The summed E-state index contributed by atoms with van der Waals surface area (Å²) in [6.07, 6.45) is -3.00. The third-order valence-electron chi connectivity index (χ3n) is 4.69. The van der Waals surface area contributed by atoms with Crippen molar-refractivity contribution in [2.75, 3.05) is 18.9 Å². The van der Waals surface area contributed by atoms with Gasteiger partial charge in [-0.1, -0.05) is 29.8 Å². The zero-order chi connectivity index (χ0) is 23.5. The molecule has 1 aromatic heterocycles. The van der Waals surface area contributed by atoms with E-state index in [1.54, 1.807) is 12.1 Å². The summed E-state index contributed by atoms with van der Waals surface area (Å²) < 4.78 is 65.7. The molecule has 0 saturated carbocycles. The molecule has 0 radical (unpaired) electrons. The minimum Gasteiger partial charge on any atom is -0.310 e. The van der Waals surface area contributed by atoms with Gasteiger partial charge >= 0.3 is 6.18 Å². The highest BCUT2D eigenvalue weighted by atomic mass is 32.2. The number of hydrogen-bond acceptors (Lipinski definition) is 4. The van der Waals surface area contributed by atoms with Gasteiger partial charge in [-0.05, 0) is 36.8 Å². The van der Waals surface area contributed by atoms with Gasteiger partial charge in [-0.25, -0.2) is 13.1 Å². The molecule has 0 aliphatic rings. The number of halogens is 3. The van der Waals surface area contributed by atoms with Gasteiger partial charge < -0.3 is 5.32 Å². The topological polar surface area (TPSA) is 84.3 Å². The SMILES string of the molecule is Cc1ccc(S(=O)(=O)N(C)CC(=O)Nc2ccnn2Cc2ccc(C(F)(F)F)cc2)cc1. The molecule has 0 unspecified atom stereocenters. The van der Waals surface area contributed by atoms with Crippen molar-refractivity contribution < 1.29 is 26.4 Å². The maximum atomic E-state index is 12.7. The first kappa shape index (κ1) is 23.5. The summed E-state index contributed by atoms with van der Waals surface area (Å²) >= 11 is 0. The summed E-state index contributed by atoms with van der Waals surface area (Å²) in [5.74, 6) is -0.298. The predicted molar refractivity (Wildman–Crippen MR) is 112 cm³/mol. The third-order valence-corrected chi connectivity index (χ3v) is 6.51. The number of rotatable bonds is 7. The first-order valence-corrected chi connectivity index (χ1v) is 10.9. The average Bonchev–Trinajstić information content (AvgIpc) is 3.14. The van der Waals surface area contributed by atoms with Crippen LogP contribution in [0.25, 0.3) is 0 Å². The predicted octanol–water partition coefficient (Wildman–Crippen LogP) is 3.52. The molecule has 0 atom stereocenters. The Morgan fingerprint density at radius 2 is 1.69 bits per heavy atom. The summed E-state index contributed by atoms with van der Waals surface area (Å²) in [6, 6.07) is 12.4. The van der Waals surface area contributed by atoms with Crippen LogP contribution in [0.2, 0.25) is 0 Å². The van der Waals surface area contributed by atoms with Crippen molar-refractivity contribution in [1.82, 2.24) is 14.1 Å². The molecule has 32 heavy (non-hydrogen) atoms. The van der Waals surface area contributed by atoms with Gasteiger partial charge in [-0.15, -0.1) is 0 Å². The molecule has 2 aromatic carbocycles. The molecule has 1 heterocycles. The first-order chi connectivity index (χ1) is 15.0. The molecule has 1 amide bonds. The Balaban J connectivity index is 1.65. The molecule has 170 valence electrons. The Bertz CT molecular complexity index is 1190. The molecule has 3 aromatic rings. The van der Waals surface area contributed by atoms with Crippen LogP contribution in [0.15, 0.2) is 65.7 Å².